The van der Waals surface area contributed by atoms with E-state index in [2.05, 4.69) is 10.6 Å². The molecule has 212 valence electrons. The van der Waals surface area contributed by atoms with Crippen molar-refractivity contribution in [3.8, 4) is 0 Å². The standard InChI is InChI=1S/C20H21Cl3F3N3O6S3/c21-19(22,23)12-35-18(30)28-9-8-13(11-36-14-4-2-1-3-5-14)29-16-7-6-15(38(27,33)34)10-17(16)37(31,32)20(24,25)26/h1-7,10,13,29H,8-9,11-12H2,(H,28,30)(H2,27,33,34). The molecule has 2 aromatic rings. The molecule has 0 aliphatic heterocycles. The molecule has 0 bridgehead atoms. The third kappa shape index (κ3) is 10.2. The number of carbonyl (C=O) groups excluding carboxylic acids is 1. The van der Waals surface area contributed by atoms with Crippen molar-refractivity contribution in [2.45, 2.75) is 36.4 Å². The Balaban J connectivity index is 2.32. The van der Waals surface area contributed by atoms with Crippen molar-refractivity contribution in [2.24, 2.45) is 5.14 Å². The average Bonchev–Trinajstić information content (AvgIpc) is 2.80. The Morgan fingerprint density at radius 1 is 1.05 bits per heavy atom. The van der Waals surface area contributed by atoms with E-state index in [0.717, 1.165) is 17.0 Å². The lowest BCUT2D eigenvalue weighted by atomic mass is 10.2. The van der Waals surface area contributed by atoms with Gasteiger partial charge in [0.05, 0.1) is 10.6 Å². The number of primary sulfonamides is 1. The lowest BCUT2D eigenvalue weighted by molar-refractivity contribution is -0.0435. The Labute approximate surface area is 236 Å². The third-order valence-corrected chi connectivity index (χ3v) is 8.50. The number of amides is 1. The van der Waals surface area contributed by atoms with Gasteiger partial charge in [-0.05, 0) is 36.8 Å². The average molecular weight is 659 g/mol. The van der Waals surface area contributed by atoms with Gasteiger partial charge in [-0.1, -0.05) is 53.0 Å². The number of anilines is 1. The number of thioether (sulfide) groups is 1. The second kappa shape index (κ2) is 13.2. The lowest BCUT2D eigenvalue weighted by Gasteiger charge is -2.23. The number of ether oxygens (including phenoxy) is 1. The predicted octanol–water partition coefficient (Wildman–Crippen LogP) is 4.69. The molecule has 0 aliphatic rings. The number of sulfonamides is 1. The maximum Gasteiger partial charge on any atom is 0.501 e. The van der Waals surface area contributed by atoms with Crippen LogP contribution in [-0.2, 0) is 24.6 Å². The van der Waals surface area contributed by atoms with E-state index in [9.17, 15) is 34.8 Å². The number of benzene rings is 2. The molecule has 0 fully saturated rings. The molecule has 1 atom stereocenters. The minimum atomic E-state index is -5.97. The molecule has 0 saturated heterocycles. The quantitative estimate of drug-likeness (QED) is 0.233. The summed E-state index contributed by atoms with van der Waals surface area (Å²) in [5, 5.41) is 10.1. The summed E-state index contributed by atoms with van der Waals surface area (Å²) < 4.78 is 90.9. The van der Waals surface area contributed by atoms with Crippen LogP contribution in [0.25, 0.3) is 0 Å². The van der Waals surface area contributed by atoms with E-state index in [1.165, 1.54) is 11.8 Å². The summed E-state index contributed by atoms with van der Waals surface area (Å²) in [7, 11) is -10.5. The van der Waals surface area contributed by atoms with Crippen LogP contribution in [0.2, 0.25) is 0 Å². The molecule has 0 saturated carbocycles. The van der Waals surface area contributed by atoms with Gasteiger partial charge in [-0.25, -0.2) is 26.8 Å². The van der Waals surface area contributed by atoms with Gasteiger partial charge in [-0.15, -0.1) is 11.8 Å². The number of halogens is 6. The highest BCUT2D eigenvalue weighted by Gasteiger charge is 2.48. The van der Waals surface area contributed by atoms with Gasteiger partial charge in [0.15, 0.2) is 0 Å². The molecule has 1 unspecified atom stereocenters. The molecule has 0 spiro atoms. The fourth-order valence-corrected chi connectivity index (χ4v) is 5.54. The normalized spacial score (nSPS) is 13.6. The lowest BCUT2D eigenvalue weighted by Crippen LogP contribution is -2.33. The van der Waals surface area contributed by atoms with Gasteiger partial charge in [0.2, 0.25) is 13.8 Å². The number of nitrogens with one attached hydrogen (secondary N) is 2. The van der Waals surface area contributed by atoms with E-state index < -0.39 is 63.4 Å². The Hall–Kier alpha value is -1.62. The van der Waals surface area contributed by atoms with Crippen molar-refractivity contribution in [3.63, 3.8) is 0 Å². The Morgan fingerprint density at radius 2 is 1.68 bits per heavy atom. The second-order valence-electron chi connectivity index (χ2n) is 7.52. The highest BCUT2D eigenvalue weighted by atomic mass is 35.6. The SMILES string of the molecule is NS(=O)(=O)c1ccc(NC(CCNC(=O)OCC(Cl)(Cl)Cl)CSc2ccccc2)c(S(=O)(=O)C(F)(F)F)c1. The minimum absolute atomic E-state index is 0.0671. The van der Waals surface area contributed by atoms with Crippen LogP contribution in [-0.4, -0.2) is 57.2 Å². The molecular weight excluding hydrogens is 638 g/mol. The number of carbonyl (C=O) groups is 1. The molecule has 18 heteroatoms. The molecule has 2 rings (SSSR count). The molecule has 0 radical (unpaired) electrons. The Kier molecular flexibility index (Phi) is 11.3. The maximum absolute atomic E-state index is 13.4. The molecular formula is C20H21Cl3F3N3O6S3. The molecule has 0 aromatic heterocycles. The smallest absolute Gasteiger partial charge is 0.445 e. The zero-order valence-corrected chi connectivity index (χ0v) is 23.8. The van der Waals surface area contributed by atoms with Crippen molar-refractivity contribution in [3.05, 3.63) is 48.5 Å². The Morgan fingerprint density at radius 3 is 2.24 bits per heavy atom. The number of rotatable bonds is 11. The molecule has 38 heavy (non-hydrogen) atoms. The van der Waals surface area contributed by atoms with Crippen molar-refractivity contribution < 1.29 is 39.5 Å². The highest BCUT2D eigenvalue weighted by Crippen LogP contribution is 2.36. The summed E-state index contributed by atoms with van der Waals surface area (Å²) >= 11 is 17.8. The molecule has 0 aliphatic carbocycles. The first kappa shape index (κ1) is 32.6. The van der Waals surface area contributed by atoms with E-state index in [0.29, 0.717) is 6.07 Å². The van der Waals surface area contributed by atoms with Crippen LogP contribution in [0.15, 0.2) is 63.2 Å². The third-order valence-electron chi connectivity index (χ3n) is 4.56. The first-order valence-corrected chi connectivity index (χ1v) is 15.4. The van der Waals surface area contributed by atoms with Crippen LogP contribution < -0.4 is 15.8 Å². The van der Waals surface area contributed by atoms with E-state index >= 15 is 0 Å². The summed E-state index contributed by atoms with van der Waals surface area (Å²) in [6, 6.07) is 10.3. The van der Waals surface area contributed by atoms with Crippen LogP contribution in [0, 0.1) is 0 Å². The fraction of sp³-hybridized carbons (Fsp3) is 0.350. The summed E-state index contributed by atoms with van der Waals surface area (Å²) in [5.41, 5.74) is -6.23. The Bertz CT molecular complexity index is 1330. The summed E-state index contributed by atoms with van der Waals surface area (Å²) in [6.07, 6.45) is -0.853. The summed E-state index contributed by atoms with van der Waals surface area (Å²) in [4.78, 5) is 10.5. The van der Waals surface area contributed by atoms with Gasteiger partial charge >= 0.3 is 11.6 Å². The van der Waals surface area contributed by atoms with E-state index in [1.54, 1.807) is 30.3 Å². The topological polar surface area (TPSA) is 145 Å². The predicted molar refractivity (Wildman–Crippen MR) is 140 cm³/mol. The minimum Gasteiger partial charge on any atom is -0.445 e. The van der Waals surface area contributed by atoms with E-state index in [1.807, 2.05) is 0 Å². The van der Waals surface area contributed by atoms with Gasteiger partial charge in [-0.2, -0.15) is 13.2 Å². The molecule has 2 aromatic carbocycles. The molecule has 0 heterocycles. The fourth-order valence-electron chi connectivity index (χ4n) is 2.82. The highest BCUT2D eigenvalue weighted by molar-refractivity contribution is 7.99. The molecule has 1 amide bonds. The van der Waals surface area contributed by atoms with Crippen molar-refractivity contribution in [1.29, 1.82) is 0 Å². The van der Waals surface area contributed by atoms with Crippen molar-refractivity contribution in [1.82, 2.24) is 5.32 Å². The second-order valence-corrected chi connectivity index (χ2v) is 14.6. The van der Waals surface area contributed by atoms with Crippen LogP contribution in [0.1, 0.15) is 6.42 Å². The summed E-state index contributed by atoms with van der Waals surface area (Å²) in [6.45, 7) is -0.605. The van der Waals surface area contributed by atoms with Crippen LogP contribution in [0.4, 0.5) is 23.7 Å². The zero-order valence-electron chi connectivity index (χ0n) is 19.0. The van der Waals surface area contributed by atoms with Gasteiger partial charge < -0.3 is 15.4 Å². The van der Waals surface area contributed by atoms with Crippen molar-refractivity contribution in [2.75, 3.05) is 24.2 Å². The molecule has 4 N–H and O–H groups in total. The summed E-state index contributed by atoms with van der Waals surface area (Å²) in [5.74, 6) is 0.206. The first-order valence-electron chi connectivity index (χ1n) is 10.3. The van der Waals surface area contributed by atoms with Crippen LogP contribution >= 0.6 is 46.6 Å². The van der Waals surface area contributed by atoms with Crippen molar-refractivity contribution >= 4 is 78.2 Å². The van der Waals surface area contributed by atoms with Gasteiger partial charge in [0, 0.05) is 23.2 Å². The molecule has 9 nitrogen and oxygen atoms in total. The zero-order chi connectivity index (χ0) is 28.8. The number of alkyl carbamates (subject to hydrolysis) is 1. The van der Waals surface area contributed by atoms with Gasteiger partial charge in [0.25, 0.3) is 9.84 Å². The van der Waals surface area contributed by atoms with E-state index in [-0.39, 0.29) is 18.7 Å². The van der Waals surface area contributed by atoms with Gasteiger partial charge in [-0.3, -0.25) is 0 Å². The van der Waals surface area contributed by atoms with Crippen LogP contribution in [0.5, 0.6) is 0 Å². The maximum atomic E-state index is 13.4. The number of sulfone groups is 1. The largest absolute Gasteiger partial charge is 0.501 e. The van der Waals surface area contributed by atoms with Gasteiger partial charge in [0.1, 0.15) is 11.5 Å². The van der Waals surface area contributed by atoms with E-state index in [4.69, 9.17) is 44.7 Å². The number of hydrogen-bond acceptors (Lipinski definition) is 8. The number of nitrogens with two attached hydrogens (primary N) is 1. The number of hydrogen-bond donors (Lipinski definition) is 3. The first-order chi connectivity index (χ1) is 17.4. The van der Waals surface area contributed by atoms with Crippen LogP contribution in [0.3, 0.4) is 0 Å². The number of alkyl halides is 6. The monoisotopic (exact) mass is 657 g/mol.